The molecule has 7 nitrogen and oxygen atoms in total. The Morgan fingerprint density at radius 3 is 2.25 bits per heavy atom. The third kappa shape index (κ3) is 4.08. The van der Waals surface area contributed by atoms with Gasteiger partial charge in [-0.25, -0.2) is 0 Å². The van der Waals surface area contributed by atoms with Gasteiger partial charge >= 0.3 is 11.8 Å². The van der Waals surface area contributed by atoms with Crippen molar-refractivity contribution in [2.75, 3.05) is 24.9 Å². The highest BCUT2D eigenvalue weighted by molar-refractivity contribution is 6.44. The predicted molar refractivity (Wildman–Crippen MR) is 89.9 cm³/mol. The van der Waals surface area contributed by atoms with Crippen LogP contribution in [0.1, 0.15) is 0 Å². The minimum absolute atomic E-state index is 0.0280. The first-order valence-electron chi connectivity index (χ1n) is 6.77. The highest BCUT2D eigenvalue weighted by Crippen LogP contribution is 2.29. The molecule has 0 aliphatic carbocycles. The van der Waals surface area contributed by atoms with E-state index in [4.69, 9.17) is 21.1 Å². The number of carbonyl (C=O) groups excluding carboxylic acids is 2. The normalized spacial score (nSPS) is 9.96. The molecule has 2 amide bonds. The van der Waals surface area contributed by atoms with Crippen LogP contribution in [0.25, 0.3) is 0 Å². The first kappa shape index (κ1) is 17.4. The lowest BCUT2D eigenvalue weighted by Crippen LogP contribution is -2.29. The molecule has 0 unspecified atom stereocenters. The molecule has 0 heterocycles. The summed E-state index contributed by atoms with van der Waals surface area (Å²) in [5, 5.41) is 14.7. The van der Waals surface area contributed by atoms with Crippen LogP contribution in [0, 0.1) is 0 Å². The zero-order valence-electron chi connectivity index (χ0n) is 12.9. The van der Waals surface area contributed by atoms with Gasteiger partial charge in [0, 0.05) is 11.1 Å². The number of aromatic hydroxyl groups is 1. The Bertz CT molecular complexity index is 779. The molecular weight excluding hydrogens is 336 g/mol. The fourth-order valence-electron chi connectivity index (χ4n) is 1.88. The monoisotopic (exact) mass is 350 g/mol. The predicted octanol–water partition coefficient (Wildman–Crippen LogP) is 2.64. The van der Waals surface area contributed by atoms with Gasteiger partial charge in [0.1, 0.15) is 17.2 Å². The number of hydrogen-bond donors (Lipinski definition) is 3. The molecular formula is C16H15ClN2O5. The van der Waals surface area contributed by atoms with Crippen LogP contribution in [-0.4, -0.2) is 31.1 Å². The molecule has 2 rings (SSSR count). The second-order valence-corrected chi connectivity index (χ2v) is 5.07. The highest BCUT2D eigenvalue weighted by atomic mass is 35.5. The molecule has 0 saturated heterocycles. The molecule has 24 heavy (non-hydrogen) atoms. The van der Waals surface area contributed by atoms with Crippen molar-refractivity contribution < 1.29 is 24.2 Å². The van der Waals surface area contributed by atoms with Crippen molar-refractivity contribution in [1.82, 2.24) is 0 Å². The summed E-state index contributed by atoms with van der Waals surface area (Å²) in [6, 6.07) is 8.84. The third-order valence-corrected chi connectivity index (χ3v) is 3.30. The number of phenols is 1. The van der Waals surface area contributed by atoms with Crippen LogP contribution in [-0.2, 0) is 9.59 Å². The lowest BCUT2D eigenvalue weighted by Gasteiger charge is -2.12. The van der Waals surface area contributed by atoms with Crippen LogP contribution >= 0.6 is 11.6 Å². The Hall–Kier alpha value is -2.93. The summed E-state index contributed by atoms with van der Waals surface area (Å²) >= 11 is 5.79. The van der Waals surface area contributed by atoms with E-state index in [1.165, 1.54) is 38.5 Å². The Labute approximate surface area is 143 Å². The Balaban J connectivity index is 2.14. The van der Waals surface area contributed by atoms with Crippen molar-refractivity contribution in [3.05, 3.63) is 41.4 Å². The van der Waals surface area contributed by atoms with Crippen molar-refractivity contribution in [1.29, 1.82) is 0 Å². The summed E-state index contributed by atoms with van der Waals surface area (Å²) < 4.78 is 10.2. The second kappa shape index (κ2) is 7.56. The van der Waals surface area contributed by atoms with E-state index in [-0.39, 0.29) is 17.1 Å². The van der Waals surface area contributed by atoms with Crippen LogP contribution in [0.5, 0.6) is 17.2 Å². The minimum atomic E-state index is -0.975. The molecule has 8 heteroatoms. The third-order valence-electron chi connectivity index (χ3n) is 3.07. The van der Waals surface area contributed by atoms with Crippen molar-refractivity contribution in [3.8, 4) is 17.2 Å². The van der Waals surface area contributed by atoms with Gasteiger partial charge < -0.3 is 25.2 Å². The molecule has 0 bridgehead atoms. The number of nitrogens with one attached hydrogen (secondary N) is 2. The maximum Gasteiger partial charge on any atom is 0.314 e. The average molecular weight is 351 g/mol. The summed E-state index contributed by atoms with van der Waals surface area (Å²) in [5.74, 6) is -1.28. The number of phenolic OH excluding ortho intramolecular Hbond substituents is 1. The average Bonchev–Trinajstić information content (AvgIpc) is 2.57. The van der Waals surface area contributed by atoms with E-state index in [1.807, 2.05) is 0 Å². The first-order valence-corrected chi connectivity index (χ1v) is 7.15. The molecule has 0 aliphatic heterocycles. The summed E-state index contributed by atoms with van der Waals surface area (Å²) in [6.45, 7) is 0. The van der Waals surface area contributed by atoms with Gasteiger partial charge in [-0.15, -0.1) is 0 Å². The van der Waals surface area contributed by atoms with Crippen molar-refractivity contribution in [2.45, 2.75) is 0 Å². The van der Waals surface area contributed by atoms with Gasteiger partial charge in [-0.2, -0.15) is 0 Å². The zero-order valence-corrected chi connectivity index (χ0v) is 13.7. The molecule has 0 saturated carbocycles. The number of rotatable bonds is 4. The molecule has 0 aromatic heterocycles. The quantitative estimate of drug-likeness (QED) is 0.582. The Morgan fingerprint density at radius 2 is 1.62 bits per heavy atom. The fraction of sp³-hybridized carbons (Fsp3) is 0.125. The molecule has 0 radical (unpaired) electrons. The molecule has 2 aromatic rings. The molecule has 0 aliphatic rings. The molecule has 126 valence electrons. The van der Waals surface area contributed by atoms with Crippen molar-refractivity contribution in [3.63, 3.8) is 0 Å². The zero-order chi connectivity index (χ0) is 17.7. The summed E-state index contributed by atoms with van der Waals surface area (Å²) in [4.78, 5) is 24.0. The topological polar surface area (TPSA) is 96.9 Å². The number of amides is 2. The lowest BCUT2D eigenvalue weighted by molar-refractivity contribution is -0.133. The van der Waals surface area contributed by atoms with Crippen LogP contribution < -0.4 is 20.1 Å². The van der Waals surface area contributed by atoms with Gasteiger partial charge in [0.15, 0.2) is 0 Å². The van der Waals surface area contributed by atoms with Gasteiger partial charge in [-0.05, 0) is 30.3 Å². The van der Waals surface area contributed by atoms with Gasteiger partial charge in [0.2, 0.25) is 0 Å². The van der Waals surface area contributed by atoms with Crippen molar-refractivity contribution in [2.24, 2.45) is 0 Å². The number of anilines is 2. The van der Waals surface area contributed by atoms with Gasteiger partial charge in [-0.1, -0.05) is 11.6 Å². The number of ether oxygens (including phenoxy) is 2. The van der Waals surface area contributed by atoms with E-state index < -0.39 is 11.8 Å². The largest absolute Gasteiger partial charge is 0.506 e. The molecule has 3 N–H and O–H groups in total. The maximum absolute atomic E-state index is 12.0. The number of halogens is 1. The highest BCUT2D eigenvalue weighted by Gasteiger charge is 2.18. The van der Waals surface area contributed by atoms with Crippen LogP contribution in [0.4, 0.5) is 11.4 Å². The van der Waals surface area contributed by atoms with Gasteiger partial charge in [0.25, 0.3) is 0 Å². The van der Waals surface area contributed by atoms with Crippen molar-refractivity contribution >= 4 is 34.8 Å². The van der Waals surface area contributed by atoms with E-state index in [0.717, 1.165) is 0 Å². The van der Waals surface area contributed by atoms with E-state index in [1.54, 1.807) is 12.1 Å². The Morgan fingerprint density at radius 1 is 0.958 bits per heavy atom. The molecule has 0 atom stereocenters. The summed E-state index contributed by atoms with van der Waals surface area (Å²) in [5.41, 5.74) is 0.299. The van der Waals surface area contributed by atoms with E-state index in [0.29, 0.717) is 16.5 Å². The molecule has 2 aromatic carbocycles. The van der Waals surface area contributed by atoms with Crippen LogP contribution in [0.3, 0.4) is 0 Å². The second-order valence-electron chi connectivity index (χ2n) is 4.64. The number of hydrogen-bond acceptors (Lipinski definition) is 5. The SMILES string of the molecule is COc1ccc(OC)c(NC(=O)C(=O)Nc2cc(Cl)ccc2O)c1. The van der Waals surface area contributed by atoms with E-state index in [2.05, 4.69) is 10.6 Å². The maximum atomic E-state index is 12.0. The van der Waals surface area contributed by atoms with Gasteiger partial charge in [0.05, 0.1) is 25.6 Å². The lowest BCUT2D eigenvalue weighted by atomic mass is 10.2. The number of benzene rings is 2. The summed E-state index contributed by atoms with van der Waals surface area (Å²) in [7, 11) is 2.91. The van der Waals surface area contributed by atoms with E-state index >= 15 is 0 Å². The minimum Gasteiger partial charge on any atom is -0.506 e. The Kier molecular flexibility index (Phi) is 5.49. The van der Waals surface area contributed by atoms with E-state index in [9.17, 15) is 14.7 Å². The molecule has 0 fully saturated rings. The molecule has 0 spiro atoms. The fourth-order valence-corrected chi connectivity index (χ4v) is 2.05. The van der Waals surface area contributed by atoms with Crippen LogP contribution in [0.15, 0.2) is 36.4 Å². The first-order chi connectivity index (χ1) is 11.4. The standard InChI is InChI=1S/C16H15ClN2O5/c1-23-10-4-6-14(24-2)12(8-10)19-16(22)15(21)18-11-7-9(17)3-5-13(11)20/h3-8,20H,1-2H3,(H,18,21)(H,19,22). The smallest absolute Gasteiger partial charge is 0.314 e. The van der Waals surface area contributed by atoms with Crippen LogP contribution in [0.2, 0.25) is 5.02 Å². The van der Waals surface area contributed by atoms with Gasteiger partial charge in [-0.3, -0.25) is 9.59 Å². The number of methoxy groups -OCH3 is 2. The number of carbonyl (C=O) groups is 2. The summed E-state index contributed by atoms with van der Waals surface area (Å²) in [6.07, 6.45) is 0.